The number of rotatable bonds is 5. The van der Waals surface area contributed by atoms with Crippen molar-refractivity contribution in [3.8, 4) is 5.88 Å². The lowest BCUT2D eigenvalue weighted by atomic mass is 10.2. The summed E-state index contributed by atoms with van der Waals surface area (Å²) < 4.78 is 9.91. The molecule has 2 heterocycles. The van der Waals surface area contributed by atoms with Crippen LogP contribution in [0.15, 0.2) is 22.9 Å². The zero-order chi connectivity index (χ0) is 13.0. The molecular weight excluding hydrogens is 236 g/mol. The molecule has 3 N–H and O–H groups in total. The number of aliphatic hydroxyl groups is 1. The Balaban J connectivity index is 2.06. The molecule has 0 spiro atoms. The van der Waals surface area contributed by atoms with Gasteiger partial charge in [-0.05, 0) is 5.56 Å². The van der Waals surface area contributed by atoms with Gasteiger partial charge in [0.2, 0.25) is 11.8 Å². The smallest absolute Gasteiger partial charge is 0.245 e. The summed E-state index contributed by atoms with van der Waals surface area (Å²) in [6, 6.07) is 2.99. The maximum Gasteiger partial charge on any atom is 0.245 e. The van der Waals surface area contributed by atoms with E-state index in [0.29, 0.717) is 18.1 Å². The van der Waals surface area contributed by atoms with Gasteiger partial charge in [0.1, 0.15) is 6.04 Å². The Morgan fingerprint density at radius 2 is 2.33 bits per heavy atom. The van der Waals surface area contributed by atoms with Gasteiger partial charge in [0.25, 0.3) is 0 Å². The Morgan fingerprint density at radius 1 is 1.50 bits per heavy atom. The Bertz CT molecular complexity index is 497. The van der Waals surface area contributed by atoms with Crippen molar-refractivity contribution in [1.29, 1.82) is 0 Å². The second kappa shape index (κ2) is 5.56. The fourth-order valence-electron chi connectivity index (χ4n) is 1.39. The van der Waals surface area contributed by atoms with E-state index in [-0.39, 0.29) is 12.5 Å². The maximum atomic E-state index is 8.87. The fourth-order valence-corrected chi connectivity index (χ4v) is 1.39. The molecule has 18 heavy (non-hydrogen) atoms. The molecule has 0 unspecified atom stereocenters. The molecule has 0 saturated carbocycles. The molecule has 7 heteroatoms. The molecule has 0 aliphatic heterocycles. The van der Waals surface area contributed by atoms with E-state index in [9.17, 15) is 0 Å². The number of aliphatic hydroxyl groups excluding tert-OH is 1. The highest BCUT2D eigenvalue weighted by molar-refractivity contribution is 5.20. The zero-order valence-electron chi connectivity index (χ0n) is 9.91. The number of nitrogens with two attached hydrogens (primary N) is 1. The number of pyridine rings is 1. The number of hydrogen-bond donors (Lipinski definition) is 2. The van der Waals surface area contributed by atoms with Crippen LogP contribution in [0.5, 0.6) is 5.88 Å². The Labute approximate surface area is 104 Å². The van der Waals surface area contributed by atoms with Gasteiger partial charge < -0.3 is 20.1 Å². The minimum atomic E-state index is -0.639. The maximum absolute atomic E-state index is 8.87. The van der Waals surface area contributed by atoms with E-state index in [4.69, 9.17) is 20.1 Å². The molecule has 0 radical (unpaired) electrons. The monoisotopic (exact) mass is 250 g/mol. The van der Waals surface area contributed by atoms with Crippen molar-refractivity contribution in [2.24, 2.45) is 5.73 Å². The van der Waals surface area contributed by atoms with Crippen molar-refractivity contribution in [3.63, 3.8) is 0 Å². The third-order valence-electron chi connectivity index (χ3n) is 2.37. The van der Waals surface area contributed by atoms with Crippen molar-refractivity contribution in [3.05, 3.63) is 35.6 Å². The van der Waals surface area contributed by atoms with Crippen LogP contribution in [0.4, 0.5) is 0 Å². The second-order valence-corrected chi connectivity index (χ2v) is 3.72. The second-order valence-electron chi connectivity index (χ2n) is 3.72. The number of methoxy groups -OCH3 is 1. The molecule has 0 aliphatic carbocycles. The molecular formula is C11H14N4O3. The first-order chi connectivity index (χ1) is 8.72. The minimum absolute atomic E-state index is 0.230. The molecule has 0 fully saturated rings. The van der Waals surface area contributed by atoms with Crippen molar-refractivity contribution in [2.75, 3.05) is 13.7 Å². The number of hydrogen-bond acceptors (Lipinski definition) is 7. The molecule has 0 aromatic carbocycles. The third kappa shape index (κ3) is 2.82. The van der Waals surface area contributed by atoms with Gasteiger partial charge in [-0.25, -0.2) is 4.98 Å². The predicted molar refractivity (Wildman–Crippen MR) is 61.9 cm³/mol. The fraction of sp³-hybridized carbons (Fsp3) is 0.364. The van der Waals surface area contributed by atoms with E-state index in [1.54, 1.807) is 19.4 Å². The average molecular weight is 250 g/mol. The molecule has 0 aliphatic rings. The van der Waals surface area contributed by atoms with E-state index in [0.717, 1.165) is 5.56 Å². The topological polar surface area (TPSA) is 107 Å². The molecule has 0 amide bonds. The zero-order valence-corrected chi connectivity index (χ0v) is 9.91. The highest BCUT2D eigenvalue weighted by Crippen LogP contribution is 2.12. The largest absolute Gasteiger partial charge is 0.481 e. The van der Waals surface area contributed by atoms with Crippen LogP contribution in [0.3, 0.4) is 0 Å². The standard InChI is InChI=1S/C11H14N4O3/c1-17-10-3-2-7(5-13-10)4-9-14-11(18-15-9)8(12)6-16/h2-3,5,8,16H,4,6,12H2,1H3/t8-/m0/s1. The highest BCUT2D eigenvalue weighted by Gasteiger charge is 2.13. The molecule has 2 aromatic rings. The summed E-state index contributed by atoms with van der Waals surface area (Å²) in [6.07, 6.45) is 2.17. The van der Waals surface area contributed by atoms with Crippen LogP contribution in [0.2, 0.25) is 0 Å². The Hall–Kier alpha value is -1.99. The molecule has 2 aromatic heterocycles. The molecule has 2 rings (SSSR count). The first-order valence-corrected chi connectivity index (χ1v) is 5.40. The van der Waals surface area contributed by atoms with E-state index >= 15 is 0 Å². The van der Waals surface area contributed by atoms with Crippen LogP contribution in [0, 0.1) is 0 Å². The summed E-state index contributed by atoms with van der Waals surface area (Å²) in [6.45, 7) is -0.230. The molecule has 96 valence electrons. The van der Waals surface area contributed by atoms with Crippen molar-refractivity contribution < 1.29 is 14.4 Å². The summed E-state index contributed by atoms with van der Waals surface area (Å²) in [5.41, 5.74) is 6.49. The van der Waals surface area contributed by atoms with Crippen LogP contribution < -0.4 is 10.5 Å². The summed E-state index contributed by atoms with van der Waals surface area (Å²) in [5.74, 6) is 1.28. The van der Waals surface area contributed by atoms with Gasteiger partial charge in [0.15, 0.2) is 5.82 Å². The van der Waals surface area contributed by atoms with Crippen molar-refractivity contribution >= 4 is 0 Å². The number of ether oxygens (including phenoxy) is 1. The number of aromatic nitrogens is 3. The van der Waals surface area contributed by atoms with Gasteiger partial charge in [0, 0.05) is 18.7 Å². The molecule has 1 atom stereocenters. The van der Waals surface area contributed by atoms with Gasteiger partial charge >= 0.3 is 0 Å². The van der Waals surface area contributed by atoms with E-state index in [2.05, 4.69) is 15.1 Å². The first-order valence-electron chi connectivity index (χ1n) is 5.40. The Morgan fingerprint density at radius 3 is 2.94 bits per heavy atom. The summed E-state index contributed by atoms with van der Waals surface area (Å²) >= 11 is 0. The van der Waals surface area contributed by atoms with E-state index < -0.39 is 6.04 Å². The van der Waals surface area contributed by atoms with Crippen LogP contribution in [0.1, 0.15) is 23.3 Å². The normalized spacial score (nSPS) is 12.4. The van der Waals surface area contributed by atoms with Crippen molar-refractivity contribution in [1.82, 2.24) is 15.1 Å². The van der Waals surface area contributed by atoms with E-state index in [1.807, 2.05) is 6.07 Å². The van der Waals surface area contributed by atoms with Crippen LogP contribution in [0.25, 0.3) is 0 Å². The van der Waals surface area contributed by atoms with E-state index in [1.165, 1.54) is 0 Å². The molecule has 7 nitrogen and oxygen atoms in total. The van der Waals surface area contributed by atoms with Gasteiger partial charge in [-0.2, -0.15) is 4.98 Å². The average Bonchev–Trinajstić information content (AvgIpc) is 2.87. The third-order valence-corrected chi connectivity index (χ3v) is 2.37. The summed E-state index contributed by atoms with van der Waals surface area (Å²) in [4.78, 5) is 8.18. The van der Waals surface area contributed by atoms with Crippen LogP contribution in [-0.4, -0.2) is 33.9 Å². The lowest BCUT2D eigenvalue weighted by Gasteiger charge is -2.00. The van der Waals surface area contributed by atoms with Crippen LogP contribution in [-0.2, 0) is 6.42 Å². The minimum Gasteiger partial charge on any atom is -0.481 e. The van der Waals surface area contributed by atoms with Gasteiger partial charge in [0.05, 0.1) is 13.7 Å². The van der Waals surface area contributed by atoms with Gasteiger partial charge in [-0.1, -0.05) is 11.2 Å². The lowest BCUT2D eigenvalue weighted by Crippen LogP contribution is -2.14. The van der Waals surface area contributed by atoms with Gasteiger partial charge in [-0.3, -0.25) is 0 Å². The highest BCUT2D eigenvalue weighted by atomic mass is 16.5. The quantitative estimate of drug-likeness (QED) is 0.772. The SMILES string of the molecule is COc1ccc(Cc2noc([C@@H](N)CO)n2)cn1. The summed E-state index contributed by atoms with van der Waals surface area (Å²) in [5, 5.41) is 12.7. The first kappa shape index (κ1) is 12.5. The van der Waals surface area contributed by atoms with Crippen LogP contribution >= 0.6 is 0 Å². The Kier molecular flexibility index (Phi) is 3.85. The van der Waals surface area contributed by atoms with Gasteiger partial charge in [-0.15, -0.1) is 0 Å². The molecule has 0 saturated heterocycles. The lowest BCUT2D eigenvalue weighted by molar-refractivity contribution is 0.236. The molecule has 0 bridgehead atoms. The number of nitrogens with zero attached hydrogens (tertiary/aromatic N) is 3. The summed E-state index contributed by atoms with van der Waals surface area (Å²) in [7, 11) is 1.56. The predicted octanol–water partition coefficient (Wildman–Crippen LogP) is 0.0561. The van der Waals surface area contributed by atoms with Crippen molar-refractivity contribution in [2.45, 2.75) is 12.5 Å².